The molecule has 1 aromatic heterocycles. The van der Waals surface area contributed by atoms with Gasteiger partial charge in [-0.25, -0.2) is 0 Å². The smallest absolute Gasteiger partial charge is 0.0843 e. The molecule has 102 valence electrons. The van der Waals surface area contributed by atoms with Crippen molar-refractivity contribution in [1.29, 1.82) is 0 Å². The summed E-state index contributed by atoms with van der Waals surface area (Å²) in [5.74, 6) is 0. The van der Waals surface area contributed by atoms with Crippen LogP contribution in [-0.4, -0.2) is 6.54 Å². The highest BCUT2D eigenvalue weighted by Gasteiger charge is 2.15. The Hall–Kier alpha value is -0.160. The zero-order chi connectivity index (χ0) is 13.8. The SMILES string of the molecule is CCNC(Cc1ccc(C)cc1)c1cc(Br)c(Br)s1. The van der Waals surface area contributed by atoms with Crippen LogP contribution < -0.4 is 5.32 Å². The first-order valence-corrected chi connectivity index (χ1v) is 8.74. The third-order valence-electron chi connectivity index (χ3n) is 3.02. The van der Waals surface area contributed by atoms with Gasteiger partial charge in [0.15, 0.2) is 0 Å². The first-order chi connectivity index (χ1) is 9.10. The largest absolute Gasteiger partial charge is 0.309 e. The molecule has 0 bridgehead atoms. The highest BCUT2D eigenvalue weighted by atomic mass is 79.9. The molecule has 0 aliphatic heterocycles. The second kappa shape index (κ2) is 7.02. The van der Waals surface area contributed by atoms with Crippen molar-refractivity contribution in [2.45, 2.75) is 26.3 Å². The molecule has 4 heteroatoms. The molecule has 0 spiro atoms. The van der Waals surface area contributed by atoms with Crippen LogP contribution in [-0.2, 0) is 6.42 Å². The van der Waals surface area contributed by atoms with Gasteiger partial charge >= 0.3 is 0 Å². The number of hydrogen-bond acceptors (Lipinski definition) is 2. The van der Waals surface area contributed by atoms with Gasteiger partial charge in [-0.05, 0) is 63.4 Å². The van der Waals surface area contributed by atoms with E-state index >= 15 is 0 Å². The second-order valence-electron chi connectivity index (χ2n) is 4.57. The Morgan fingerprint density at radius 3 is 2.42 bits per heavy atom. The van der Waals surface area contributed by atoms with Crippen LogP contribution in [0.4, 0.5) is 0 Å². The molecule has 0 amide bonds. The van der Waals surface area contributed by atoms with Gasteiger partial charge in [0.05, 0.1) is 3.79 Å². The fourth-order valence-corrected chi connectivity index (χ4v) is 4.18. The topological polar surface area (TPSA) is 12.0 Å². The van der Waals surface area contributed by atoms with E-state index in [-0.39, 0.29) is 0 Å². The lowest BCUT2D eigenvalue weighted by atomic mass is 10.0. The lowest BCUT2D eigenvalue weighted by molar-refractivity contribution is 0.558. The molecular weight excluding hydrogens is 386 g/mol. The minimum Gasteiger partial charge on any atom is -0.309 e. The van der Waals surface area contributed by atoms with E-state index in [0.29, 0.717) is 6.04 Å². The van der Waals surface area contributed by atoms with Gasteiger partial charge in [-0.1, -0.05) is 36.8 Å². The van der Waals surface area contributed by atoms with Crippen molar-refractivity contribution in [2.24, 2.45) is 0 Å². The van der Waals surface area contributed by atoms with E-state index in [0.717, 1.165) is 21.2 Å². The molecule has 19 heavy (non-hydrogen) atoms. The molecule has 0 saturated carbocycles. The predicted molar refractivity (Wildman–Crippen MR) is 91.0 cm³/mol. The van der Waals surface area contributed by atoms with Crippen molar-refractivity contribution in [3.8, 4) is 0 Å². The predicted octanol–water partition coefficient (Wildman–Crippen LogP) is 5.47. The average molecular weight is 403 g/mol. The monoisotopic (exact) mass is 401 g/mol. The number of rotatable bonds is 5. The van der Waals surface area contributed by atoms with Gasteiger partial charge in [-0.2, -0.15) is 0 Å². The van der Waals surface area contributed by atoms with Crippen LogP contribution in [0.1, 0.15) is 29.0 Å². The van der Waals surface area contributed by atoms with E-state index in [4.69, 9.17) is 0 Å². The van der Waals surface area contributed by atoms with Gasteiger partial charge in [0, 0.05) is 15.4 Å². The summed E-state index contributed by atoms with van der Waals surface area (Å²) < 4.78 is 2.30. The van der Waals surface area contributed by atoms with Crippen LogP contribution in [0, 0.1) is 6.92 Å². The minimum atomic E-state index is 0.375. The van der Waals surface area contributed by atoms with Gasteiger partial charge in [0.1, 0.15) is 0 Å². The Morgan fingerprint density at radius 2 is 1.89 bits per heavy atom. The number of hydrogen-bond donors (Lipinski definition) is 1. The number of aryl methyl sites for hydroxylation is 1. The van der Waals surface area contributed by atoms with Crippen molar-refractivity contribution >= 4 is 43.2 Å². The number of halogens is 2. The summed E-state index contributed by atoms with van der Waals surface area (Å²) in [5.41, 5.74) is 2.68. The Bertz CT molecular complexity index is 514. The van der Waals surface area contributed by atoms with Gasteiger partial charge in [-0.15, -0.1) is 11.3 Å². The fourth-order valence-electron chi connectivity index (χ4n) is 2.01. The van der Waals surface area contributed by atoms with Crippen molar-refractivity contribution in [2.75, 3.05) is 6.54 Å². The molecule has 1 atom stereocenters. The summed E-state index contributed by atoms with van der Waals surface area (Å²) >= 11 is 8.93. The van der Waals surface area contributed by atoms with Crippen molar-refractivity contribution in [3.05, 3.63) is 54.6 Å². The second-order valence-corrected chi connectivity index (χ2v) is 7.83. The van der Waals surface area contributed by atoms with Crippen molar-refractivity contribution in [3.63, 3.8) is 0 Å². The standard InChI is InChI=1S/C15H17Br2NS/c1-3-18-13(14-9-12(16)15(17)19-14)8-11-6-4-10(2)5-7-11/h4-7,9,13,18H,3,8H2,1-2H3. The Labute approximate surface area is 135 Å². The lowest BCUT2D eigenvalue weighted by Gasteiger charge is -2.16. The quantitative estimate of drug-likeness (QED) is 0.698. The lowest BCUT2D eigenvalue weighted by Crippen LogP contribution is -2.22. The fraction of sp³-hybridized carbons (Fsp3) is 0.333. The molecule has 1 aromatic carbocycles. The zero-order valence-electron chi connectivity index (χ0n) is 11.0. The summed E-state index contributed by atoms with van der Waals surface area (Å²) in [5, 5.41) is 3.57. The molecule has 0 saturated heterocycles. The molecule has 1 unspecified atom stereocenters. The highest BCUT2D eigenvalue weighted by molar-refractivity contribution is 9.13. The van der Waals surface area contributed by atoms with Gasteiger partial charge in [-0.3, -0.25) is 0 Å². The first-order valence-electron chi connectivity index (χ1n) is 6.33. The Morgan fingerprint density at radius 1 is 1.21 bits per heavy atom. The molecule has 0 radical (unpaired) electrons. The first kappa shape index (κ1) is 15.2. The number of nitrogens with one attached hydrogen (secondary N) is 1. The molecule has 2 rings (SSSR count). The number of benzene rings is 1. The molecular formula is C15H17Br2NS. The number of thiophene rings is 1. The van der Waals surface area contributed by atoms with E-state index in [2.05, 4.69) is 81.4 Å². The normalized spacial score (nSPS) is 12.6. The van der Waals surface area contributed by atoms with Crippen molar-refractivity contribution in [1.82, 2.24) is 5.32 Å². The van der Waals surface area contributed by atoms with E-state index in [9.17, 15) is 0 Å². The van der Waals surface area contributed by atoms with Crippen LogP contribution in [0.2, 0.25) is 0 Å². The van der Waals surface area contributed by atoms with Crippen LogP contribution >= 0.6 is 43.2 Å². The molecule has 0 fully saturated rings. The van der Waals surface area contributed by atoms with Crippen LogP contribution in [0.3, 0.4) is 0 Å². The maximum absolute atomic E-state index is 3.57. The summed E-state index contributed by atoms with van der Waals surface area (Å²) in [6.45, 7) is 5.25. The molecule has 1 heterocycles. The van der Waals surface area contributed by atoms with E-state index < -0.39 is 0 Å². The van der Waals surface area contributed by atoms with Crippen molar-refractivity contribution < 1.29 is 0 Å². The third-order valence-corrected chi connectivity index (χ3v) is 6.39. The molecule has 0 aliphatic rings. The Balaban J connectivity index is 2.18. The van der Waals surface area contributed by atoms with E-state index in [1.807, 2.05) is 0 Å². The van der Waals surface area contributed by atoms with E-state index in [1.54, 1.807) is 11.3 Å². The summed E-state index contributed by atoms with van der Waals surface area (Å²) in [6.07, 6.45) is 1.02. The zero-order valence-corrected chi connectivity index (χ0v) is 15.0. The third kappa shape index (κ3) is 4.15. The number of likely N-dealkylation sites (N-methyl/N-ethyl adjacent to an activating group) is 1. The maximum atomic E-state index is 3.57. The van der Waals surface area contributed by atoms with Crippen LogP contribution in [0.25, 0.3) is 0 Å². The van der Waals surface area contributed by atoms with Gasteiger partial charge in [0.2, 0.25) is 0 Å². The Kier molecular flexibility index (Phi) is 5.63. The highest BCUT2D eigenvalue weighted by Crippen LogP contribution is 2.36. The van der Waals surface area contributed by atoms with E-state index in [1.165, 1.54) is 16.0 Å². The molecule has 1 N–H and O–H groups in total. The van der Waals surface area contributed by atoms with Crippen LogP contribution in [0.5, 0.6) is 0 Å². The summed E-state index contributed by atoms with van der Waals surface area (Å²) in [6, 6.07) is 11.4. The molecule has 0 aliphatic carbocycles. The summed E-state index contributed by atoms with van der Waals surface area (Å²) in [7, 11) is 0. The maximum Gasteiger partial charge on any atom is 0.0843 e. The van der Waals surface area contributed by atoms with Gasteiger partial charge in [0.25, 0.3) is 0 Å². The molecule has 1 nitrogen and oxygen atoms in total. The van der Waals surface area contributed by atoms with Crippen LogP contribution in [0.15, 0.2) is 38.6 Å². The molecule has 2 aromatic rings. The average Bonchev–Trinajstić information content (AvgIpc) is 2.72. The van der Waals surface area contributed by atoms with Gasteiger partial charge < -0.3 is 5.32 Å². The summed E-state index contributed by atoms with van der Waals surface area (Å²) in [4.78, 5) is 1.36. The minimum absolute atomic E-state index is 0.375.